The van der Waals surface area contributed by atoms with Crippen LogP contribution in [-0.4, -0.2) is 46.3 Å². The van der Waals surface area contributed by atoms with Crippen molar-refractivity contribution < 1.29 is 14.3 Å². The Labute approximate surface area is 167 Å². The molecule has 1 fully saturated rings. The van der Waals surface area contributed by atoms with Crippen molar-refractivity contribution in [2.75, 3.05) is 19.7 Å². The molecule has 2 aliphatic rings. The van der Waals surface area contributed by atoms with Gasteiger partial charge >= 0.3 is 5.97 Å². The summed E-state index contributed by atoms with van der Waals surface area (Å²) >= 11 is 0. The maximum absolute atomic E-state index is 13.3. The zero-order valence-electron chi connectivity index (χ0n) is 17.7. The summed E-state index contributed by atoms with van der Waals surface area (Å²) in [5.74, 6) is 0.659. The number of hydrogen-bond donors (Lipinski definition) is 0. The third-order valence-electron chi connectivity index (χ3n) is 5.91. The van der Waals surface area contributed by atoms with Crippen LogP contribution in [0, 0.1) is 29.6 Å². The lowest BCUT2D eigenvalue weighted by molar-refractivity contribution is -0.152. The molecule has 1 aliphatic carbocycles. The number of ether oxygens (including phenoxy) is 1. The first kappa shape index (κ1) is 20.6. The standard InChI is InChI=1S/C22H33N3O3/c1-6-25-19(11-17(23-25)10-14(3)4)21(26)24-12-16-9-8-15(5)20(18(16)13-24)22(27)28-7-2/h8-9,11,14-16,18,20H,6-7,10,12-13H2,1-5H3/t15-,16-,18-,20-/m0/s1. The van der Waals surface area contributed by atoms with Gasteiger partial charge in [0.25, 0.3) is 5.91 Å². The molecule has 0 aromatic carbocycles. The molecule has 0 saturated carbocycles. The summed E-state index contributed by atoms with van der Waals surface area (Å²) in [5.41, 5.74) is 1.62. The lowest BCUT2D eigenvalue weighted by Gasteiger charge is -2.31. The number of nitrogens with zero attached hydrogens (tertiary/aromatic N) is 3. The summed E-state index contributed by atoms with van der Waals surface area (Å²) in [6.07, 6.45) is 5.15. The summed E-state index contributed by atoms with van der Waals surface area (Å²) in [7, 11) is 0. The van der Waals surface area contributed by atoms with Gasteiger partial charge in [-0.1, -0.05) is 32.9 Å². The van der Waals surface area contributed by atoms with Crippen LogP contribution in [0.1, 0.15) is 50.8 Å². The second kappa shape index (κ2) is 8.50. The molecule has 0 unspecified atom stereocenters. The number of aromatic nitrogens is 2. The van der Waals surface area contributed by atoms with Crippen LogP contribution < -0.4 is 0 Å². The molecular formula is C22H33N3O3. The van der Waals surface area contributed by atoms with Crippen LogP contribution in [-0.2, 0) is 22.5 Å². The Hall–Kier alpha value is -2.11. The summed E-state index contributed by atoms with van der Waals surface area (Å²) in [6.45, 7) is 12.5. The molecule has 6 nitrogen and oxygen atoms in total. The average Bonchev–Trinajstić information content (AvgIpc) is 3.24. The van der Waals surface area contributed by atoms with Gasteiger partial charge in [0.05, 0.1) is 18.2 Å². The summed E-state index contributed by atoms with van der Waals surface area (Å²) in [6, 6.07) is 1.94. The van der Waals surface area contributed by atoms with Gasteiger partial charge in [-0.2, -0.15) is 5.10 Å². The van der Waals surface area contributed by atoms with Crippen molar-refractivity contribution in [3.05, 3.63) is 29.6 Å². The zero-order chi connectivity index (χ0) is 20.4. The number of rotatable bonds is 6. The van der Waals surface area contributed by atoms with Gasteiger partial charge in [0, 0.05) is 19.6 Å². The average molecular weight is 388 g/mol. The van der Waals surface area contributed by atoms with E-state index in [9.17, 15) is 9.59 Å². The quantitative estimate of drug-likeness (QED) is 0.555. The molecule has 1 aromatic heterocycles. The van der Waals surface area contributed by atoms with Crippen LogP contribution in [0.4, 0.5) is 0 Å². The molecule has 154 valence electrons. The first-order valence-electron chi connectivity index (χ1n) is 10.6. The van der Waals surface area contributed by atoms with Crippen molar-refractivity contribution in [2.24, 2.45) is 29.6 Å². The molecule has 1 saturated heterocycles. The number of aryl methyl sites for hydroxylation is 1. The SMILES string of the molecule is CCOC(=O)[C@@H]1[C@H]2CN(C(=O)c3cc(CC(C)C)nn3CC)C[C@@H]2C=C[C@@H]1C. The summed E-state index contributed by atoms with van der Waals surface area (Å²) < 4.78 is 7.14. The van der Waals surface area contributed by atoms with Gasteiger partial charge in [-0.15, -0.1) is 0 Å². The molecule has 4 atom stereocenters. The third-order valence-corrected chi connectivity index (χ3v) is 5.91. The minimum Gasteiger partial charge on any atom is -0.466 e. The van der Waals surface area contributed by atoms with Gasteiger partial charge in [-0.25, -0.2) is 0 Å². The van der Waals surface area contributed by atoms with Crippen molar-refractivity contribution in [3.8, 4) is 0 Å². The number of hydrogen-bond acceptors (Lipinski definition) is 4. The van der Waals surface area contributed by atoms with Crippen molar-refractivity contribution in [3.63, 3.8) is 0 Å². The molecular weight excluding hydrogens is 354 g/mol. The molecule has 1 aromatic rings. The highest BCUT2D eigenvalue weighted by molar-refractivity contribution is 5.93. The molecule has 0 spiro atoms. The van der Waals surface area contributed by atoms with E-state index in [-0.39, 0.29) is 35.5 Å². The van der Waals surface area contributed by atoms with E-state index in [1.165, 1.54) is 0 Å². The van der Waals surface area contributed by atoms with E-state index in [0.29, 0.717) is 37.9 Å². The predicted octanol–water partition coefficient (Wildman–Crippen LogP) is 3.17. The Bertz CT molecular complexity index is 752. The van der Waals surface area contributed by atoms with Gasteiger partial charge in [0.2, 0.25) is 0 Å². The van der Waals surface area contributed by atoms with Crippen molar-refractivity contribution in [2.45, 2.75) is 47.6 Å². The highest BCUT2D eigenvalue weighted by Gasteiger charge is 2.46. The number of likely N-dealkylation sites (tertiary alicyclic amines) is 1. The smallest absolute Gasteiger partial charge is 0.309 e. The van der Waals surface area contributed by atoms with E-state index in [0.717, 1.165) is 12.1 Å². The van der Waals surface area contributed by atoms with Crippen LogP contribution in [0.5, 0.6) is 0 Å². The molecule has 3 rings (SSSR count). The maximum atomic E-state index is 13.3. The van der Waals surface area contributed by atoms with E-state index in [4.69, 9.17) is 4.74 Å². The number of carbonyl (C=O) groups excluding carboxylic acids is 2. The van der Waals surface area contributed by atoms with Crippen molar-refractivity contribution in [1.29, 1.82) is 0 Å². The zero-order valence-corrected chi connectivity index (χ0v) is 17.7. The number of amides is 1. The van der Waals surface area contributed by atoms with Crippen molar-refractivity contribution >= 4 is 11.9 Å². The Kier molecular flexibility index (Phi) is 6.26. The van der Waals surface area contributed by atoms with Crippen molar-refractivity contribution in [1.82, 2.24) is 14.7 Å². The van der Waals surface area contributed by atoms with Gasteiger partial charge in [0.15, 0.2) is 0 Å². The molecule has 6 heteroatoms. The van der Waals surface area contributed by atoms with E-state index < -0.39 is 0 Å². The predicted molar refractivity (Wildman–Crippen MR) is 108 cm³/mol. The summed E-state index contributed by atoms with van der Waals surface area (Å²) in [5, 5.41) is 4.61. The second-order valence-corrected chi connectivity index (χ2v) is 8.49. The molecule has 2 heterocycles. The van der Waals surface area contributed by atoms with E-state index in [1.807, 2.05) is 29.5 Å². The molecule has 1 amide bonds. The Balaban J connectivity index is 1.79. The van der Waals surface area contributed by atoms with Gasteiger partial charge in [-0.3, -0.25) is 14.3 Å². The first-order chi connectivity index (χ1) is 13.3. The second-order valence-electron chi connectivity index (χ2n) is 8.49. The third kappa shape index (κ3) is 4.01. The monoisotopic (exact) mass is 387 g/mol. The van der Waals surface area contributed by atoms with Crippen LogP contribution in [0.2, 0.25) is 0 Å². The van der Waals surface area contributed by atoms with Gasteiger partial charge in [0.1, 0.15) is 5.69 Å². The Morgan fingerprint density at radius 2 is 2.00 bits per heavy atom. The molecule has 0 bridgehead atoms. The largest absolute Gasteiger partial charge is 0.466 e. The molecule has 28 heavy (non-hydrogen) atoms. The fourth-order valence-corrected chi connectivity index (χ4v) is 4.62. The fraction of sp³-hybridized carbons (Fsp3) is 0.682. The topological polar surface area (TPSA) is 64.4 Å². The highest BCUT2D eigenvalue weighted by atomic mass is 16.5. The number of allylic oxidation sites excluding steroid dienone is 1. The first-order valence-corrected chi connectivity index (χ1v) is 10.6. The molecule has 1 aliphatic heterocycles. The van der Waals surface area contributed by atoms with E-state index in [2.05, 4.69) is 38.0 Å². The highest BCUT2D eigenvalue weighted by Crippen LogP contribution is 2.40. The van der Waals surface area contributed by atoms with Crippen LogP contribution in [0.3, 0.4) is 0 Å². The maximum Gasteiger partial charge on any atom is 0.309 e. The number of fused-ring (bicyclic) bond motifs is 1. The van der Waals surface area contributed by atoms with Crippen LogP contribution in [0.25, 0.3) is 0 Å². The number of carbonyl (C=O) groups is 2. The minimum absolute atomic E-state index is 0.0161. The summed E-state index contributed by atoms with van der Waals surface area (Å²) in [4.78, 5) is 27.7. The fourth-order valence-electron chi connectivity index (χ4n) is 4.62. The van der Waals surface area contributed by atoms with E-state index in [1.54, 1.807) is 0 Å². The van der Waals surface area contributed by atoms with E-state index >= 15 is 0 Å². The van der Waals surface area contributed by atoms with Gasteiger partial charge in [-0.05, 0) is 50.0 Å². The van der Waals surface area contributed by atoms with Gasteiger partial charge < -0.3 is 9.64 Å². The molecule has 0 N–H and O–H groups in total. The Morgan fingerprint density at radius 1 is 1.25 bits per heavy atom. The minimum atomic E-state index is -0.180. The number of esters is 1. The Morgan fingerprint density at radius 3 is 2.64 bits per heavy atom. The molecule has 0 radical (unpaired) electrons. The lowest BCUT2D eigenvalue weighted by atomic mass is 9.72. The lowest BCUT2D eigenvalue weighted by Crippen LogP contribution is -2.37. The normalized spacial score (nSPS) is 26.6. The van der Waals surface area contributed by atoms with Crippen LogP contribution in [0.15, 0.2) is 18.2 Å². The van der Waals surface area contributed by atoms with Crippen LogP contribution >= 0.6 is 0 Å².